The summed E-state index contributed by atoms with van der Waals surface area (Å²) < 4.78 is 7.05. The molecule has 2 aromatic heterocycles. The van der Waals surface area contributed by atoms with Gasteiger partial charge in [0, 0.05) is 57.6 Å². The van der Waals surface area contributed by atoms with Crippen LogP contribution in [0, 0.1) is 6.92 Å². The van der Waals surface area contributed by atoms with Crippen LogP contribution in [0.5, 0.6) is 0 Å². The normalized spacial score (nSPS) is 17.1. The van der Waals surface area contributed by atoms with Gasteiger partial charge in [0.1, 0.15) is 0 Å². The van der Waals surface area contributed by atoms with Crippen LogP contribution in [0.3, 0.4) is 0 Å². The molecule has 9 nitrogen and oxygen atoms in total. The third kappa shape index (κ3) is 6.01. The first-order valence-corrected chi connectivity index (χ1v) is 10.7. The maximum atomic E-state index is 12.1. The van der Waals surface area contributed by atoms with Crippen LogP contribution in [0.2, 0.25) is 0 Å². The van der Waals surface area contributed by atoms with E-state index in [1.165, 1.54) is 6.26 Å². The minimum Gasteiger partial charge on any atom is -0.459 e. The van der Waals surface area contributed by atoms with Gasteiger partial charge in [0.15, 0.2) is 11.7 Å². The highest BCUT2D eigenvalue weighted by Gasteiger charge is 2.21. The average Bonchev–Trinajstić information content (AvgIpc) is 3.36. The van der Waals surface area contributed by atoms with Gasteiger partial charge in [0.25, 0.3) is 5.91 Å². The lowest BCUT2D eigenvalue weighted by atomic mass is 10.1. The molecule has 1 unspecified atom stereocenters. The molecule has 2 aromatic rings. The molecule has 0 radical (unpaired) electrons. The van der Waals surface area contributed by atoms with Crippen molar-refractivity contribution in [2.24, 2.45) is 12.0 Å². The molecule has 3 heterocycles. The van der Waals surface area contributed by atoms with Gasteiger partial charge in [0.05, 0.1) is 18.1 Å². The van der Waals surface area contributed by atoms with E-state index in [4.69, 9.17) is 4.42 Å². The van der Waals surface area contributed by atoms with Crippen molar-refractivity contribution >= 4 is 17.6 Å². The quantitative estimate of drug-likeness (QED) is 0.345. The van der Waals surface area contributed by atoms with E-state index in [0.29, 0.717) is 24.9 Å². The van der Waals surface area contributed by atoms with Crippen LogP contribution < -0.4 is 20.9 Å². The minimum absolute atomic E-state index is 0.177. The third-order valence-corrected chi connectivity index (χ3v) is 5.12. The molecule has 0 saturated carbocycles. The predicted molar refractivity (Wildman–Crippen MR) is 118 cm³/mol. The number of nitrogens with zero attached hydrogens (tertiary/aromatic N) is 4. The largest absolute Gasteiger partial charge is 0.459 e. The maximum Gasteiger partial charge on any atom is 0.287 e. The molecule has 9 heteroatoms. The van der Waals surface area contributed by atoms with Gasteiger partial charge in [0.2, 0.25) is 0 Å². The summed E-state index contributed by atoms with van der Waals surface area (Å²) in [5.74, 6) is 1.02. The molecule has 0 spiro atoms. The van der Waals surface area contributed by atoms with Crippen molar-refractivity contribution in [2.75, 3.05) is 37.6 Å². The fourth-order valence-corrected chi connectivity index (χ4v) is 3.57. The van der Waals surface area contributed by atoms with Crippen molar-refractivity contribution in [2.45, 2.75) is 39.2 Å². The summed E-state index contributed by atoms with van der Waals surface area (Å²) in [5.41, 5.74) is 2.01. The number of hydrogen-bond acceptors (Lipinski definition) is 5. The number of aryl methyl sites for hydroxylation is 2. The van der Waals surface area contributed by atoms with Gasteiger partial charge in [-0.2, -0.15) is 5.10 Å². The van der Waals surface area contributed by atoms with Crippen molar-refractivity contribution in [3.63, 3.8) is 0 Å². The summed E-state index contributed by atoms with van der Waals surface area (Å²) in [6.45, 7) is 7.88. The van der Waals surface area contributed by atoms with Gasteiger partial charge < -0.3 is 25.3 Å². The number of guanidine groups is 1. The van der Waals surface area contributed by atoms with Gasteiger partial charge in [-0.3, -0.25) is 14.5 Å². The number of rotatable bonds is 8. The lowest BCUT2D eigenvalue weighted by Crippen LogP contribution is -2.51. The van der Waals surface area contributed by atoms with Crippen LogP contribution in [0.25, 0.3) is 0 Å². The molecule has 1 saturated heterocycles. The highest BCUT2D eigenvalue weighted by Crippen LogP contribution is 2.18. The Hall–Kier alpha value is -2.97. The van der Waals surface area contributed by atoms with Gasteiger partial charge in [-0.25, -0.2) is 0 Å². The number of anilines is 1. The molecule has 30 heavy (non-hydrogen) atoms. The first-order valence-electron chi connectivity index (χ1n) is 10.7. The molecule has 1 amide bonds. The second-order valence-corrected chi connectivity index (χ2v) is 7.60. The standard InChI is InChI=1S/C21H33N7O2/c1-4-22-21(24-10-6-9-23-20(29)19-16(2)8-12-30-19)26-17-7-5-11-28(14-17)18-13-25-27(3)15-18/h8,12-13,15,17H,4-7,9-11,14H2,1-3H3,(H,23,29)(H2,22,24,26). The lowest BCUT2D eigenvalue weighted by molar-refractivity contribution is 0.0925. The van der Waals surface area contributed by atoms with Crippen LogP contribution >= 0.6 is 0 Å². The SMILES string of the molecule is CCNC(=NCCCNC(=O)c1occc1C)NC1CCCN(c2cnn(C)c2)C1. The van der Waals surface area contributed by atoms with Crippen LogP contribution in [-0.2, 0) is 7.05 Å². The highest BCUT2D eigenvalue weighted by molar-refractivity contribution is 5.92. The van der Waals surface area contributed by atoms with Crippen LogP contribution in [0.4, 0.5) is 5.69 Å². The first kappa shape index (κ1) is 21.7. The molecule has 1 aliphatic rings. The second kappa shape index (κ2) is 10.7. The van der Waals surface area contributed by atoms with E-state index in [0.717, 1.165) is 56.1 Å². The Labute approximate surface area is 177 Å². The number of furan rings is 1. The topological polar surface area (TPSA) is 99.7 Å². The van der Waals surface area contributed by atoms with Gasteiger partial charge in [-0.15, -0.1) is 0 Å². The van der Waals surface area contributed by atoms with Crippen molar-refractivity contribution in [1.82, 2.24) is 25.7 Å². The molecule has 164 valence electrons. The van der Waals surface area contributed by atoms with E-state index < -0.39 is 0 Å². The number of hydrogen-bond donors (Lipinski definition) is 3. The van der Waals surface area contributed by atoms with E-state index in [9.17, 15) is 4.79 Å². The summed E-state index contributed by atoms with van der Waals surface area (Å²) in [6.07, 6.45) is 8.50. The van der Waals surface area contributed by atoms with Crippen LogP contribution in [-0.4, -0.2) is 60.4 Å². The van der Waals surface area contributed by atoms with Crippen molar-refractivity contribution < 1.29 is 9.21 Å². The minimum atomic E-state index is -0.177. The highest BCUT2D eigenvalue weighted by atomic mass is 16.3. The lowest BCUT2D eigenvalue weighted by Gasteiger charge is -2.34. The first-order chi connectivity index (χ1) is 14.6. The number of aliphatic imine (C=N–C) groups is 1. The molecule has 3 rings (SSSR count). The number of piperidine rings is 1. The fraction of sp³-hybridized carbons (Fsp3) is 0.571. The van der Waals surface area contributed by atoms with E-state index in [2.05, 4.69) is 44.1 Å². The zero-order chi connectivity index (χ0) is 21.3. The van der Waals surface area contributed by atoms with Gasteiger partial charge in [-0.1, -0.05) is 0 Å². The number of carbonyl (C=O) groups excluding carboxylic acids is 1. The Kier molecular flexibility index (Phi) is 7.75. The molecular formula is C21H33N7O2. The van der Waals surface area contributed by atoms with Gasteiger partial charge in [-0.05, 0) is 39.2 Å². The summed E-state index contributed by atoms with van der Waals surface area (Å²) >= 11 is 0. The molecule has 0 aromatic carbocycles. The molecule has 1 fully saturated rings. The van der Waals surface area contributed by atoms with Crippen molar-refractivity contribution in [3.8, 4) is 0 Å². The fourth-order valence-electron chi connectivity index (χ4n) is 3.57. The molecular weight excluding hydrogens is 382 g/mol. The molecule has 0 aliphatic carbocycles. The third-order valence-electron chi connectivity index (χ3n) is 5.12. The van der Waals surface area contributed by atoms with E-state index >= 15 is 0 Å². The Bertz CT molecular complexity index is 842. The van der Waals surface area contributed by atoms with Crippen LogP contribution in [0.15, 0.2) is 34.1 Å². The smallest absolute Gasteiger partial charge is 0.287 e. The Morgan fingerprint density at radius 1 is 1.40 bits per heavy atom. The number of carbonyl (C=O) groups is 1. The predicted octanol–water partition coefficient (Wildman–Crippen LogP) is 1.67. The Morgan fingerprint density at radius 2 is 2.27 bits per heavy atom. The Balaban J connectivity index is 1.44. The second-order valence-electron chi connectivity index (χ2n) is 7.60. The molecule has 0 bridgehead atoms. The summed E-state index contributed by atoms with van der Waals surface area (Å²) in [7, 11) is 1.94. The summed E-state index contributed by atoms with van der Waals surface area (Å²) in [5, 5.41) is 14.0. The summed E-state index contributed by atoms with van der Waals surface area (Å²) in [6, 6.07) is 2.12. The van der Waals surface area contributed by atoms with E-state index in [1.807, 2.05) is 24.9 Å². The summed E-state index contributed by atoms with van der Waals surface area (Å²) in [4.78, 5) is 19.1. The molecule has 1 aliphatic heterocycles. The zero-order valence-corrected chi connectivity index (χ0v) is 18.1. The Morgan fingerprint density at radius 3 is 2.97 bits per heavy atom. The average molecular weight is 416 g/mol. The number of nitrogens with one attached hydrogen (secondary N) is 3. The van der Waals surface area contributed by atoms with Crippen molar-refractivity contribution in [1.29, 1.82) is 0 Å². The number of aromatic nitrogens is 2. The maximum absolute atomic E-state index is 12.1. The van der Waals surface area contributed by atoms with E-state index in [1.54, 1.807) is 6.07 Å². The van der Waals surface area contributed by atoms with Gasteiger partial charge >= 0.3 is 0 Å². The van der Waals surface area contributed by atoms with Crippen LogP contribution in [0.1, 0.15) is 42.3 Å². The monoisotopic (exact) mass is 415 g/mol. The van der Waals surface area contributed by atoms with Crippen molar-refractivity contribution in [3.05, 3.63) is 36.0 Å². The molecule has 1 atom stereocenters. The zero-order valence-electron chi connectivity index (χ0n) is 18.1. The number of amides is 1. The van der Waals surface area contributed by atoms with E-state index in [-0.39, 0.29) is 5.91 Å². The molecule has 3 N–H and O–H groups in total.